The second-order valence-electron chi connectivity index (χ2n) is 17.5. The highest BCUT2D eigenvalue weighted by molar-refractivity contribution is 6.03. The molecule has 1 saturated carbocycles. The van der Waals surface area contributed by atoms with Crippen molar-refractivity contribution in [1.82, 2.24) is 4.90 Å². The van der Waals surface area contributed by atoms with Crippen molar-refractivity contribution >= 4 is 22.6 Å². The van der Waals surface area contributed by atoms with Crippen molar-refractivity contribution in [2.45, 2.75) is 82.5 Å². The van der Waals surface area contributed by atoms with Crippen molar-refractivity contribution in [2.24, 2.45) is 22.9 Å². The fourth-order valence-corrected chi connectivity index (χ4v) is 10.4. The number of unbranched alkanes of at least 4 members (excludes halogenated alkanes) is 2. The van der Waals surface area contributed by atoms with E-state index in [0.29, 0.717) is 30.9 Å². The third-order valence-corrected chi connectivity index (χ3v) is 13.3. The van der Waals surface area contributed by atoms with Crippen molar-refractivity contribution in [3.8, 4) is 11.5 Å². The van der Waals surface area contributed by atoms with Crippen LogP contribution in [0.25, 0.3) is 10.8 Å². The van der Waals surface area contributed by atoms with E-state index >= 15 is 4.79 Å². The van der Waals surface area contributed by atoms with Crippen LogP contribution in [-0.2, 0) is 38.8 Å². The van der Waals surface area contributed by atoms with Gasteiger partial charge in [0.2, 0.25) is 5.79 Å². The fourth-order valence-electron chi connectivity index (χ4n) is 10.4. The average Bonchev–Trinajstić information content (AvgIpc) is 3.34. The number of aliphatic hydroxyl groups is 2. The molecule has 5 aromatic rings. The number of hydrogen-bond donors (Lipinski definition) is 3. The zero-order valence-electron chi connectivity index (χ0n) is 37.6. The molecule has 2 aliphatic carbocycles. The van der Waals surface area contributed by atoms with Crippen molar-refractivity contribution in [3.05, 3.63) is 168 Å². The summed E-state index contributed by atoms with van der Waals surface area (Å²) < 4.78 is 26.7. The van der Waals surface area contributed by atoms with Gasteiger partial charge < -0.3 is 39.1 Å². The minimum absolute atomic E-state index is 0.00520. The first-order valence-corrected chi connectivity index (χ1v) is 23.4. The van der Waals surface area contributed by atoms with Gasteiger partial charge in [0.25, 0.3) is 0 Å². The van der Waals surface area contributed by atoms with Crippen LogP contribution in [0.1, 0.15) is 73.1 Å². The van der Waals surface area contributed by atoms with E-state index in [4.69, 9.17) is 28.9 Å². The SMILES string of the molecule is C=CCOC12Oc3ccc(O)cc3C3C(CCCCO)C(CCCCO)C=C(C(=NOCc4ccccc4)CC1N(Cc1cccc4ccccc14)C(=O)OCCOCc1ccccc1)C32. The Morgan fingerprint density at radius 1 is 0.833 bits per heavy atom. The van der Waals surface area contributed by atoms with Gasteiger partial charge in [-0.05, 0) is 88.8 Å². The van der Waals surface area contributed by atoms with Crippen LogP contribution in [0, 0.1) is 17.8 Å². The average molecular weight is 895 g/mol. The van der Waals surface area contributed by atoms with E-state index in [1.165, 1.54) is 0 Å². The summed E-state index contributed by atoms with van der Waals surface area (Å²) in [6, 6.07) is 38.3. The van der Waals surface area contributed by atoms with Gasteiger partial charge in [-0.1, -0.05) is 133 Å². The number of carbonyl (C=O) groups is 1. The van der Waals surface area contributed by atoms with E-state index in [2.05, 4.69) is 30.9 Å². The van der Waals surface area contributed by atoms with Crippen LogP contribution in [0.4, 0.5) is 4.79 Å². The van der Waals surface area contributed by atoms with Crippen LogP contribution in [0.2, 0.25) is 0 Å². The van der Waals surface area contributed by atoms with Crippen molar-refractivity contribution in [2.75, 3.05) is 33.0 Å². The van der Waals surface area contributed by atoms with Crippen LogP contribution in [0.3, 0.4) is 0 Å². The van der Waals surface area contributed by atoms with E-state index in [0.717, 1.165) is 64.3 Å². The Hall–Kier alpha value is -5.98. The number of aliphatic hydroxyl groups excluding tert-OH is 2. The highest BCUT2D eigenvalue weighted by Gasteiger charge is 2.65. The molecule has 0 bridgehead atoms. The Labute approximate surface area is 387 Å². The number of oxime groups is 1. The maximum Gasteiger partial charge on any atom is 0.410 e. The molecule has 0 spiro atoms. The van der Waals surface area contributed by atoms with E-state index < -0.39 is 23.8 Å². The first-order chi connectivity index (χ1) is 32.4. The van der Waals surface area contributed by atoms with Crippen LogP contribution >= 0.6 is 0 Å². The number of fused-ring (bicyclic) bond motifs is 3. The lowest BCUT2D eigenvalue weighted by atomic mass is 9.55. The van der Waals surface area contributed by atoms with E-state index in [1.54, 1.807) is 29.2 Å². The molecule has 66 heavy (non-hydrogen) atoms. The van der Waals surface area contributed by atoms with Crippen LogP contribution < -0.4 is 4.74 Å². The molecule has 6 atom stereocenters. The summed E-state index contributed by atoms with van der Waals surface area (Å²) >= 11 is 0. The summed E-state index contributed by atoms with van der Waals surface area (Å²) in [5, 5.41) is 38.0. The Kier molecular flexibility index (Phi) is 15.9. The summed E-state index contributed by atoms with van der Waals surface area (Å²) in [7, 11) is 0. The zero-order chi connectivity index (χ0) is 45.7. The Bertz CT molecular complexity index is 2440. The van der Waals surface area contributed by atoms with E-state index in [9.17, 15) is 15.3 Å². The third-order valence-electron chi connectivity index (χ3n) is 13.3. The van der Waals surface area contributed by atoms with E-state index in [1.807, 2.05) is 84.9 Å². The number of ether oxygens (including phenoxy) is 4. The number of hydrogen-bond acceptors (Lipinski definition) is 10. The quantitative estimate of drug-likeness (QED) is 0.0352. The molecule has 346 valence electrons. The molecule has 11 heteroatoms. The standard InChI is InChI=1S/C55H62N2O9/c1-2-30-64-55-51(57(36-43-23-15-22-41-20-9-10-24-45(41)43)54(61)63-32-31-62-37-39-16-5-3-6-17-39)35-49(56-65-38-40-18-7-4-8-19-40)47-33-42(21-11-13-28-58)46(25-12-14-29-59)52(53(47)55)48-34-44(60)26-27-50(48)66-55/h2-10,15-20,22-24,26-27,33-34,42,46,51-53,58-60H,1,11-14,21,25,28-32,35-38H2. The molecule has 11 nitrogen and oxygen atoms in total. The number of aromatic hydroxyl groups is 1. The normalized spacial score (nSPS) is 22.4. The van der Waals surface area contributed by atoms with E-state index in [-0.39, 0.29) is 76.1 Å². The molecule has 0 aromatic heterocycles. The lowest BCUT2D eigenvalue weighted by molar-refractivity contribution is -0.256. The molecule has 1 heterocycles. The smallest absolute Gasteiger partial charge is 0.410 e. The summed E-state index contributed by atoms with van der Waals surface area (Å²) in [5.74, 6) is -1.62. The highest BCUT2D eigenvalue weighted by atomic mass is 16.7. The Balaban J connectivity index is 1.28. The van der Waals surface area contributed by atoms with Gasteiger partial charge in [-0.25, -0.2) is 4.79 Å². The van der Waals surface area contributed by atoms with Crippen molar-refractivity contribution in [1.29, 1.82) is 0 Å². The molecule has 8 rings (SSSR count). The second-order valence-corrected chi connectivity index (χ2v) is 17.5. The molecule has 1 fully saturated rings. The molecule has 5 aromatic carbocycles. The van der Waals surface area contributed by atoms with Crippen molar-refractivity contribution in [3.63, 3.8) is 0 Å². The molecule has 3 aliphatic rings. The number of nitrogens with zero attached hydrogens (tertiary/aromatic N) is 2. The van der Waals surface area contributed by atoms with Gasteiger partial charge in [0, 0.05) is 31.1 Å². The Morgan fingerprint density at radius 2 is 1.55 bits per heavy atom. The number of carbonyl (C=O) groups excluding carboxylic acids is 1. The van der Waals surface area contributed by atoms with Gasteiger partial charge in [0.05, 0.1) is 38.0 Å². The molecule has 6 unspecified atom stereocenters. The highest BCUT2D eigenvalue weighted by Crippen LogP contribution is 2.62. The van der Waals surface area contributed by atoms with Gasteiger partial charge in [-0.3, -0.25) is 4.90 Å². The third kappa shape index (κ3) is 10.5. The largest absolute Gasteiger partial charge is 0.508 e. The predicted molar refractivity (Wildman–Crippen MR) is 255 cm³/mol. The van der Waals surface area contributed by atoms with Gasteiger partial charge in [-0.2, -0.15) is 0 Å². The maximum atomic E-state index is 15.1. The molecular weight excluding hydrogens is 833 g/mol. The predicted octanol–water partition coefficient (Wildman–Crippen LogP) is 10.2. The lowest BCUT2D eigenvalue weighted by Crippen LogP contribution is -2.70. The number of phenolic OH excluding ortho intramolecular Hbond substituents is 1. The van der Waals surface area contributed by atoms with Gasteiger partial charge in [0.1, 0.15) is 30.8 Å². The molecule has 0 radical (unpaired) electrons. The number of amides is 1. The van der Waals surface area contributed by atoms with Crippen LogP contribution in [0.15, 0.2) is 151 Å². The molecule has 1 amide bonds. The topological polar surface area (TPSA) is 140 Å². The summed E-state index contributed by atoms with van der Waals surface area (Å²) in [6.45, 7) is 5.29. The van der Waals surface area contributed by atoms with Gasteiger partial charge in [0.15, 0.2) is 0 Å². The number of rotatable bonds is 22. The lowest BCUT2D eigenvalue weighted by Gasteiger charge is -2.59. The van der Waals surface area contributed by atoms with Gasteiger partial charge >= 0.3 is 6.09 Å². The van der Waals surface area contributed by atoms with Crippen molar-refractivity contribution < 1.29 is 43.9 Å². The van der Waals surface area contributed by atoms with Crippen LogP contribution in [0.5, 0.6) is 11.5 Å². The number of allylic oxidation sites excluding steroid dienone is 1. The minimum Gasteiger partial charge on any atom is -0.508 e. The second kappa shape index (κ2) is 22.5. The summed E-state index contributed by atoms with van der Waals surface area (Å²) in [6.07, 6.45) is 8.09. The first-order valence-electron chi connectivity index (χ1n) is 23.4. The first kappa shape index (κ1) is 46.5. The molecular formula is C55H62N2O9. The number of phenols is 1. The fraction of sp³-hybridized carbons (Fsp3) is 0.382. The minimum atomic E-state index is -1.51. The molecule has 0 saturated heterocycles. The maximum absolute atomic E-state index is 15.1. The summed E-state index contributed by atoms with van der Waals surface area (Å²) in [5.41, 5.74) is 5.30. The Morgan fingerprint density at radius 3 is 2.30 bits per heavy atom. The molecule has 3 N–H and O–H groups in total. The van der Waals surface area contributed by atoms with Crippen LogP contribution in [-0.4, -0.2) is 76.9 Å². The number of benzene rings is 5. The zero-order valence-corrected chi connectivity index (χ0v) is 37.6. The molecule has 1 aliphatic heterocycles. The summed E-state index contributed by atoms with van der Waals surface area (Å²) in [4.78, 5) is 23.1. The van der Waals surface area contributed by atoms with Gasteiger partial charge in [-0.15, -0.1) is 6.58 Å². The monoisotopic (exact) mass is 894 g/mol.